The number of aromatic nitrogens is 2. The number of hydrogen-bond acceptors (Lipinski definition) is 11. The number of nitrogens with zero attached hydrogens (tertiary/aromatic N) is 2. The third-order valence-corrected chi connectivity index (χ3v) is 10.9. The van der Waals surface area contributed by atoms with Crippen LogP contribution in [-0.2, 0) is 19.1 Å². The molecule has 0 aliphatic rings. The van der Waals surface area contributed by atoms with Crippen molar-refractivity contribution in [1.29, 1.82) is 0 Å². The molecule has 300 valence electrons. The fraction of sp³-hybridized carbons (Fsp3) is 0.0556. The third kappa shape index (κ3) is 12.3. The lowest BCUT2D eigenvalue weighted by Crippen LogP contribution is -2.14. The van der Waals surface area contributed by atoms with E-state index in [4.69, 9.17) is 81.8 Å². The van der Waals surface area contributed by atoms with Gasteiger partial charge in [0, 0.05) is 23.1 Å². The summed E-state index contributed by atoms with van der Waals surface area (Å²) in [5.74, 6) is -1.38. The van der Waals surface area contributed by atoms with Crippen molar-refractivity contribution in [2.75, 3.05) is 24.7 Å². The topological polar surface area (TPSA) is 169 Å². The first-order valence-corrected chi connectivity index (χ1v) is 20.8. The molecule has 0 unspecified atom stereocenters. The van der Waals surface area contributed by atoms with E-state index < -0.39 is 30.7 Å². The van der Waals surface area contributed by atoms with Crippen molar-refractivity contribution in [3.8, 4) is 34.8 Å². The number of methoxy groups -OCH3 is 2. The van der Waals surface area contributed by atoms with Gasteiger partial charge in [0.1, 0.15) is 15.5 Å². The summed E-state index contributed by atoms with van der Waals surface area (Å²) < 4.78 is 97.9. The Labute approximate surface area is 350 Å². The molecule has 0 bridgehead atoms. The molecule has 0 aliphatic heterocycles. The standard InChI is InChI=1S/C18H13Cl2FN2O4S.C12H10ClFN2O2.C6H4Cl2O2S/c1-26-15-7-4-6-13(21)17(15)27-18-14(9-11(19)10-22-18)23-28(24,25)16-8-3-2-5-12(16)20;1-17-10-4-2-3-8(14)11(10)18-12-9(15)5-7(13)6-16-12;7-5-3-1-2-4-6(5)11(8,9)10/h2-10,23H,1H3;2-6H,15H2,1H3;1-4H. The van der Waals surface area contributed by atoms with Gasteiger partial charge in [-0.05, 0) is 60.7 Å². The molecular weight excluding hydrogens is 896 g/mol. The fourth-order valence-electron chi connectivity index (χ4n) is 4.30. The molecule has 0 atom stereocenters. The highest BCUT2D eigenvalue weighted by Gasteiger charge is 2.22. The molecule has 0 spiro atoms. The van der Waals surface area contributed by atoms with Crippen LogP contribution in [-0.4, -0.2) is 41.0 Å². The highest BCUT2D eigenvalue weighted by molar-refractivity contribution is 8.13. The number of rotatable bonds is 10. The SMILES string of the molecule is COc1cccc(F)c1Oc1ncc(Cl)cc1N.COc1cccc(F)c1Oc1ncc(Cl)cc1NS(=O)(=O)c1ccccc1Cl.O=S(=O)(Cl)c1ccccc1Cl. The van der Waals surface area contributed by atoms with Gasteiger partial charge in [-0.25, -0.2) is 35.6 Å². The molecule has 0 radical (unpaired) electrons. The van der Waals surface area contributed by atoms with Gasteiger partial charge < -0.3 is 24.7 Å². The number of halogens is 7. The Balaban J connectivity index is 0.000000211. The van der Waals surface area contributed by atoms with Gasteiger partial charge in [0.15, 0.2) is 23.1 Å². The molecule has 6 rings (SSSR count). The fourth-order valence-corrected chi connectivity index (χ4v) is 7.70. The summed E-state index contributed by atoms with van der Waals surface area (Å²) in [5, 5.41) is 0.691. The number of nitrogens with two attached hydrogens (primary N) is 1. The Bertz CT molecular complexity index is 2600. The van der Waals surface area contributed by atoms with Crippen molar-refractivity contribution in [3.05, 3.63) is 141 Å². The minimum absolute atomic E-state index is 0.0308. The minimum Gasteiger partial charge on any atom is -0.493 e. The molecule has 2 heterocycles. The van der Waals surface area contributed by atoms with E-state index in [0.29, 0.717) is 5.02 Å². The Morgan fingerprint density at radius 3 is 1.54 bits per heavy atom. The first-order valence-electron chi connectivity index (χ1n) is 15.5. The first-order chi connectivity index (χ1) is 26.9. The highest BCUT2D eigenvalue weighted by Crippen LogP contribution is 2.38. The largest absolute Gasteiger partial charge is 0.493 e. The van der Waals surface area contributed by atoms with Gasteiger partial charge in [-0.3, -0.25) is 4.72 Å². The number of pyridine rings is 2. The molecule has 0 saturated heterocycles. The molecule has 2 aromatic heterocycles. The van der Waals surface area contributed by atoms with Crippen LogP contribution in [0.2, 0.25) is 20.1 Å². The number of nitrogens with one attached hydrogen (secondary N) is 1. The summed E-state index contributed by atoms with van der Waals surface area (Å²) in [6, 6.07) is 23.1. The van der Waals surface area contributed by atoms with Gasteiger partial charge in [0.05, 0.1) is 40.0 Å². The summed E-state index contributed by atoms with van der Waals surface area (Å²) in [4.78, 5) is 7.64. The van der Waals surface area contributed by atoms with Crippen LogP contribution in [0.5, 0.6) is 34.8 Å². The normalized spacial score (nSPS) is 10.9. The van der Waals surface area contributed by atoms with Crippen LogP contribution in [0.4, 0.5) is 20.2 Å². The van der Waals surface area contributed by atoms with E-state index in [-0.39, 0.29) is 71.0 Å². The molecule has 0 saturated carbocycles. The van der Waals surface area contributed by atoms with Gasteiger partial charge in [0.25, 0.3) is 19.1 Å². The quantitative estimate of drug-likeness (QED) is 0.125. The van der Waals surface area contributed by atoms with Crippen LogP contribution in [0, 0.1) is 11.6 Å². The zero-order valence-electron chi connectivity index (χ0n) is 29.1. The molecule has 3 N–H and O–H groups in total. The van der Waals surface area contributed by atoms with Crippen LogP contribution >= 0.6 is 57.1 Å². The van der Waals surface area contributed by atoms with Crippen LogP contribution in [0.3, 0.4) is 0 Å². The Morgan fingerprint density at radius 1 is 0.632 bits per heavy atom. The number of nitrogen functional groups attached to an aromatic ring is 1. The van der Waals surface area contributed by atoms with Crippen molar-refractivity contribution in [2.24, 2.45) is 0 Å². The maximum Gasteiger partial charge on any atom is 0.263 e. The lowest BCUT2D eigenvalue weighted by Gasteiger charge is -2.15. The smallest absolute Gasteiger partial charge is 0.263 e. The van der Waals surface area contributed by atoms with Crippen LogP contribution < -0.4 is 29.4 Å². The average Bonchev–Trinajstić information content (AvgIpc) is 3.15. The minimum atomic E-state index is -4.09. The molecule has 0 fully saturated rings. The predicted octanol–water partition coefficient (Wildman–Crippen LogP) is 10.7. The lowest BCUT2D eigenvalue weighted by molar-refractivity contribution is 0.359. The molecular formula is C36H27Cl5F2N4O8S2. The van der Waals surface area contributed by atoms with Gasteiger partial charge in [-0.2, -0.15) is 0 Å². The van der Waals surface area contributed by atoms with Crippen molar-refractivity contribution in [2.45, 2.75) is 9.79 Å². The zero-order chi connectivity index (χ0) is 41.9. The number of benzene rings is 4. The number of ether oxygens (including phenoxy) is 4. The van der Waals surface area contributed by atoms with E-state index in [0.717, 1.165) is 0 Å². The molecule has 21 heteroatoms. The Kier molecular flexibility index (Phi) is 15.8. The Morgan fingerprint density at radius 2 is 1.09 bits per heavy atom. The molecule has 6 aromatic rings. The molecule has 0 aliphatic carbocycles. The third-order valence-electron chi connectivity index (χ3n) is 6.83. The summed E-state index contributed by atoms with van der Waals surface area (Å²) in [6.07, 6.45) is 2.60. The van der Waals surface area contributed by atoms with Gasteiger partial charge in [-0.15, -0.1) is 0 Å². The first kappa shape index (κ1) is 44.9. The van der Waals surface area contributed by atoms with Crippen molar-refractivity contribution in [1.82, 2.24) is 9.97 Å². The van der Waals surface area contributed by atoms with E-state index in [2.05, 4.69) is 14.7 Å². The maximum absolute atomic E-state index is 14.2. The number of anilines is 2. The van der Waals surface area contributed by atoms with Gasteiger partial charge in [-0.1, -0.05) is 82.8 Å². The second kappa shape index (κ2) is 20.1. The van der Waals surface area contributed by atoms with Gasteiger partial charge in [0.2, 0.25) is 23.3 Å². The van der Waals surface area contributed by atoms with Crippen molar-refractivity contribution >= 4 is 87.5 Å². The van der Waals surface area contributed by atoms with Crippen LogP contribution in [0.15, 0.2) is 119 Å². The van der Waals surface area contributed by atoms with Crippen molar-refractivity contribution < 1.29 is 44.6 Å². The number of sulfonamides is 1. The summed E-state index contributed by atoms with van der Waals surface area (Å²) >= 11 is 23.2. The number of para-hydroxylation sites is 2. The molecule has 4 aromatic carbocycles. The number of hydrogen-bond donors (Lipinski definition) is 2. The second-order valence-corrected chi connectivity index (χ2v) is 16.6. The average molecular weight is 923 g/mol. The highest BCUT2D eigenvalue weighted by atomic mass is 35.7. The van der Waals surface area contributed by atoms with Gasteiger partial charge >= 0.3 is 0 Å². The Hall–Kier alpha value is -4.81. The van der Waals surface area contributed by atoms with E-state index in [9.17, 15) is 25.6 Å². The summed E-state index contributed by atoms with van der Waals surface area (Å²) in [7, 11) is 0.0336. The van der Waals surface area contributed by atoms with E-state index in [1.54, 1.807) is 24.3 Å². The van der Waals surface area contributed by atoms with Crippen LogP contribution in [0.25, 0.3) is 0 Å². The van der Waals surface area contributed by atoms with Crippen LogP contribution in [0.1, 0.15) is 0 Å². The lowest BCUT2D eigenvalue weighted by atomic mass is 10.3. The second-order valence-electron chi connectivity index (χ2n) is 10.7. The molecule has 0 amide bonds. The van der Waals surface area contributed by atoms with Crippen molar-refractivity contribution in [3.63, 3.8) is 0 Å². The zero-order valence-corrected chi connectivity index (χ0v) is 34.5. The molecule has 12 nitrogen and oxygen atoms in total. The van der Waals surface area contributed by atoms with E-state index in [1.807, 2.05) is 0 Å². The predicted molar refractivity (Wildman–Crippen MR) is 216 cm³/mol. The molecule has 57 heavy (non-hydrogen) atoms. The summed E-state index contributed by atoms with van der Waals surface area (Å²) in [5.41, 5.74) is 5.79. The van der Waals surface area contributed by atoms with E-state index in [1.165, 1.54) is 99.4 Å². The summed E-state index contributed by atoms with van der Waals surface area (Å²) in [6.45, 7) is 0. The maximum atomic E-state index is 14.2. The van der Waals surface area contributed by atoms with E-state index >= 15 is 0 Å². The monoisotopic (exact) mass is 920 g/mol.